The summed E-state index contributed by atoms with van der Waals surface area (Å²) in [4.78, 5) is 22.3. The molecule has 0 radical (unpaired) electrons. The van der Waals surface area contributed by atoms with Crippen LogP contribution in [-0.2, 0) is 4.79 Å². The second-order valence-corrected chi connectivity index (χ2v) is 5.39. The van der Waals surface area contributed by atoms with Crippen LogP contribution in [0.4, 0.5) is 11.4 Å². The molecule has 0 saturated carbocycles. The standard InChI is InChI=1S/C19H20N2O5/c1-3-11-26-17-9-7-14(12-18(17)25-2)8-10-19(22)20-15-5-4-6-16(13-15)21(23)24/h4-10,12-13H,3,11H2,1-2H3,(H,20,22). The lowest BCUT2D eigenvalue weighted by Crippen LogP contribution is -2.07. The normalized spacial score (nSPS) is 10.5. The smallest absolute Gasteiger partial charge is 0.271 e. The number of hydrogen-bond donors (Lipinski definition) is 1. The van der Waals surface area contributed by atoms with Gasteiger partial charge in [0.25, 0.3) is 5.69 Å². The monoisotopic (exact) mass is 356 g/mol. The summed E-state index contributed by atoms with van der Waals surface area (Å²) in [6.07, 6.45) is 3.86. The molecule has 0 aromatic heterocycles. The van der Waals surface area contributed by atoms with Gasteiger partial charge in [-0.05, 0) is 36.3 Å². The summed E-state index contributed by atoms with van der Waals surface area (Å²) in [7, 11) is 1.55. The van der Waals surface area contributed by atoms with Crippen molar-refractivity contribution in [3.8, 4) is 11.5 Å². The van der Waals surface area contributed by atoms with Crippen molar-refractivity contribution in [3.63, 3.8) is 0 Å². The molecule has 1 amide bonds. The maximum atomic E-state index is 12.0. The predicted octanol–water partition coefficient (Wildman–Crippen LogP) is 4.04. The lowest BCUT2D eigenvalue weighted by Gasteiger charge is -2.10. The van der Waals surface area contributed by atoms with Crippen molar-refractivity contribution >= 4 is 23.4 Å². The Morgan fingerprint density at radius 2 is 2.04 bits per heavy atom. The molecule has 0 unspecified atom stereocenters. The van der Waals surface area contributed by atoms with Crippen LogP contribution in [0, 0.1) is 10.1 Å². The van der Waals surface area contributed by atoms with E-state index in [0.717, 1.165) is 12.0 Å². The van der Waals surface area contributed by atoms with Gasteiger partial charge >= 0.3 is 0 Å². The fourth-order valence-corrected chi connectivity index (χ4v) is 2.17. The Bertz CT molecular complexity index is 817. The van der Waals surface area contributed by atoms with Crippen LogP contribution in [0.25, 0.3) is 6.08 Å². The number of ether oxygens (including phenoxy) is 2. The minimum atomic E-state index is -0.514. The topological polar surface area (TPSA) is 90.7 Å². The van der Waals surface area contributed by atoms with Gasteiger partial charge in [-0.2, -0.15) is 0 Å². The van der Waals surface area contributed by atoms with Crippen LogP contribution in [-0.4, -0.2) is 24.5 Å². The average molecular weight is 356 g/mol. The Hall–Kier alpha value is -3.35. The van der Waals surface area contributed by atoms with E-state index < -0.39 is 10.8 Å². The second kappa shape index (κ2) is 9.22. The van der Waals surface area contributed by atoms with E-state index >= 15 is 0 Å². The molecule has 26 heavy (non-hydrogen) atoms. The maximum Gasteiger partial charge on any atom is 0.271 e. The zero-order chi connectivity index (χ0) is 18.9. The summed E-state index contributed by atoms with van der Waals surface area (Å²) in [5.74, 6) is 0.836. The molecule has 0 aliphatic heterocycles. The van der Waals surface area contributed by atoms with E-state index in [9.17, 15) is 14.9 Å². The van der Waals surface area contributed by atoms with Gasteiger partial charge in [0.15, 0.2) is 11.5 Å². The van der Waals surface area contributed by atoms with Crippen molar-refractivity contribution in [2.45, 2.75) is 13.3 Å². The Morgan fingerprint density at radius 1 is 1.23 bits per heavy atom. The maximum absolute atomic E-state index is 12.0. The average Bonchev–Trinajstić information content (AvgIpc) is 2.65. The SMILES string of the molecule is CCCOc1ccc(C=CC(=O)Nc2cccc([N+](=O)[O-])c2)cc1OC. The highest BCUT2D eigenvalue weighted by Gasteiger charge is 2.07. The fourth-order valence-electron chi connectivity index (χ4n) is 2.17. The third kappa shape index (κ3) is 5.34. The number of nitrogens with one attached hydrogen (secondary N) is 1. The first kappa shape index (κ1) is 19.0. The highest BCUT2D eigenvalue weighted by molar-refractivity contribution is 6.02. The molecule has 2 rings (SSSR count). The van der Waals surface area contributed by atoms with Gasteiger partial charge in [-0.25, -0.2) is 0 Å². The van der Waals surface area contributed by atoms with Crippen molar-refractivity contribution in [2.24, 2.45) is 0 Å². The van der Waals surface area contributed by atoms with E-state index in [4.69, 9.17) is 9.47 Å². The summed E-state index contributed by atoms with van der Waals surface area (Å²) in [5, 5.41) is 13.3. The third-order valence-electron chi connectivity index (χ3n) is 3.40. The first-order valence-corrected chi connectivity index (χ1v) is 8.08. The van der Waals surface area contributed by atoms with Gasteiger partial charge in [0, 0.05) is 23.9 Å². The molecule has 0 bridgehead atoms. The Morgan fingerprint density at radius 3 is 2.73 bits per heavy atom. The first-order chi connectivity index (χ1) is 12.5. The second-order valence-electron chi connectivity index (χ2n) is 5.39. The highest BCUT2D eigenvalue weighted by atomic mass is 16.6. The third-order valence-corrected chi connectivity index (χ3v) is 3.40. The molecular formula is C19H20N2O5. The molecule has 2 aromatic carbocycles. The molecule has 2 aromatic rings. The van der Waals surface area contributed by atoms with E-state index in [-0.39, 0.29) is 5.69 Å². The van der Waals surface area contributed by atoms with Gasteiger partial charge in [0.05, 0.1) is 18.6 Å². The lowest BCUT2D eigenvalue weighted by molar-refractivity contribution is -0.384. The van der Waals surface area contributed by atoms with Crippen molar-refractivity contribution in [3.05, 3.63) is 64.2 Å². The van der Waals surface area contributed by atoms with E-state index in [1.807, 2.05) is 13.0 Å². The van der Waals surface area contributed by atoms with E-state index in [1.165, 1.54) is 24.3 Å². The first-order valence-electron chi connectivity index (χ1n) is 8.08. The van der Waals surface area contributed by atoms with Gasteiger partial charge < -0.3 is 14.8 Å². The van der Waals surface area contributed by atoms with Crippen molar-refractivity contribution < 1.29 is 19.2 Å². The van der Waals surface area contributed by atoms with Crippen molar-refractivity contribution in [1.82, 2.24) is 0 Å². The van der Waals surface area contributed by atoms with E-state index in [0.29, 0.717) is 23.8 Å². The summed E-state index contributed by atoms with van der Waals surface area (Å²) >= 11 is 0. The van der Waals surface area contributed by atoms with Crippen LogP contribution >= 0.6 is 0 Å². The molecule has 0 aliphatic carbocycles. The van der Waals surface area contributed by atoms with Crippen LogP contribution in [0.2, 0.25) is 0 Å². The van der Waals surface area contributed by atoms with Gasteiger partial charge in [0.2, 0.25) is 5.91 Å². The largest absolute Gasteiger partial charge is 0.493 e. The molecule has 0 atom stereocenters. The molecule has 7 heteroatoms. The van der Waals surface area contributed by atoms with Crippen molar-refractivity contribution in [2.75, 3.05) is 19.0 Å². The Labute approximate surface area is 151 Å². The molecule has 0 spiro atoms. The van der Waals surface area contributed by atoms with Crippen LogP contribution in [0.1, 0.15) is 18.9 Å². The molecule has 136 valence electrons. The molecule has 1 N–H and O–H groups in total. The summed E-state index contributed by atoms with van der Waals surface area (Å²) in [5.41, 5.74) is 1.04. The Balaban J connectivity index is 2.05. The number of nitro benzene ring substituents is 1. The molecule has 0 saturated heterocycles. The minimum absolute atomic E-state index is 0.0841. The number of non-ortho nitro benzene ring substituents is 1. The number of carbonyl (C=O) groups is 1. The van der Waals surface area contributed by atoms with Gasteiger partial charge in [-0.1, -0.05) is 19.1 Å². The number of rotatable bonds is 8. The van der Waals surface area contributed by atoms with Crippen LogP contribution in [0.3, 0.4) is 0 Å². The zero-order valence-corrected chi connectivity index (χ0v) is 14.6. The predicted molar refractivity (Wildman–Crippen MR) is 99.5 cm³/mol. The number of anilines is 1. The molecule has 7 nitrogen and oxygen atoms in total. The van der Waals surface area contributed by atoms with Crippen LogP contribution < -0.4 is 14.8 Å². The number of methoxy groups -OCH3 is 1. The van der Waals surface area contributed by atoms with E-state index in [1.54, 1.807) is 31.4 Å². The summed E-state index contributed by atoms with van der Waals surface area (Å²) in [6, 6.07) is 11.1. The number of nitro groups is 1. The number of amides is 1. The number of nitrogens with zero attached hydrogens (tertiary/aromatic N) is 1. The molecule has 0 aliphatic rings. The number of benzene rings is 2. The quantitative estimate of drug-likeness (QED) is 0.438. The molecule has 0 heterocycles. The van der Waals surface area contributed by atoms with Gasteiger partial charge in [-0.15, -0.1) is 0 Å². The summed E-state index contributed by atoms with van der Waals surface area (Å²) < 4.78 is 10.9. The Kier molecular flexibility index (Phi) is 6.73. The van der Waals surface area contributed by atoms with E-state index in [2.05, 4.69) is 5.32 Å². The minimum Gasteiger partial charge on any atom is -0.493 e. The lowest BCUT2D eigenvalue weighted by atomic mass is 10.2. The molecule has 0 fully saturated rings. The fraction of sp³-hybridized carbons (Fsp3) is 0.211. The van der Waals surface area contributed by atoms with Gasteiger partial charge in [0.1, 0.15) is 0 Å². The highest BCUT2D eigenvalue weighted by Crippen LogP contribution is 2.28. The molecular weight excluding hydrogens is 336 g/mol. The van der Waals surface area contributed by atoms with Crippen molar-refractivity contribution in [1.29, 1.82) is 0 Å². The number of carbonyl (C=O) groups excluding carboxylic acids is 1. The zero-order valence-electron chi connectivity index (χ0n) is 14.6. The van der Waals surface area contributed by atoms with Gasteiger partial charge in [-0.3, -0.25) is 14.9 Å². The van der Waals surface area contributed by atoms with Crippen LogP contribution in [0.5, 0.6) is 11.5 Å². The van der Waals surface area contributed by atoms with Crippen LogP contribution in [0.15, 0.2) is 48.5 Å². The number of hydrogen-bond acceptors (Lipinski definition) is 5. The summed E-state index contributed by atoms with van der Waals surface area (Å²) in [6.45, 7) is 2.61.